The fourth-order valence-corrected chi connectivity index (χ4v) is 2.80. The first-order valence-electron chi connectivity index (χ1n) is 4.64. The SMILES string of the molecule is C=CC(N1CCCC1(O)C(=O)O)P(=O)(O)O. The molecule has 0 amide bonds. The van der Waals surface area contributed by atoms with E-state index in [4.69, 9.17) is 14.9 Å². The van der Waals surface area contributed by atoms with Crippen molar-refractivity contribution in [2.24, 2.45) is 0 Å². The summed E-state index contributed by atoms with van der Waals surface area (Å²) in [4.78, 5) is 29.9. The predicted octanol–water partition coefficient (Wildman–Crippen LogP) is -0.455. The number of nitrogens with zero attached hydrogens (tertiary/aromatic N) is 1. The largest absolute Gasteiger partial charge is 0.478 e. The lowest BCUT2D eigenvalue weighted by atomic mass is 10.1. The average Bonchev–Trinajstić information content (AvgIpc) is 2.48. The fourth-order valence-electron chi connectivity index (χ4n) is 1.85. The van der Waals surface area contributed by atoms with E-state index in [-0.39, 0.29) is 13.0 Å². The monoisotopic (exact) mass is 251 g/mol. The van der Waals surface area contributed by atoms with Crippen LogP contribution in [0.1, 0.15) is 12.8 Å². The standard InChI is InChI=1S/C8H14NO6P/c1-2-6(16(13,14)15)9-5-3-4-8(9,12)7(10)11/h2,6,12H,1,3-5H2,(H,10,11)(H2,13,14,15). The Balaban J connectivity index is 3.07. The number of carboxylic acids is 1. The highest BCUT2D eigenvalue weighted by Crippen LogP contribution is 2.47. The van der Waals surface area contributed by atoms with E-state index in [1.165, 1.54) is 0 Å². The number of likely N-dealkylation sites (tertiary alicyclic amines) is 1. The third-order valence-corrected chi connectivity index (χ3v) is 3.80. The van der Waals surface area contributed by atoms with E-state index in [1.54, 1.807) is 0 Å². The molecule has 0 radical (unpaired) electrons. The zero-order valence-corrected chi connectivity index (χ0v) is 9.38. The Labute approximate surface area is 92.2 Å². The number of hydrogen-bond donors (Lipinski definition) is 4. The molecular formula is C8H14NO6P. The third-order valence-electron chi connectivity index (χ3n) is 2.62. The molecule has 2 atom stereocenters. The van der Waals surface area contributed by atoms with Crippen molar-refractivity contribution in [1.29, 1.82) is 0 Å². The van der Waals surface area contributed by atoms with Gasteiger partial charge in [-0.3, -0.25) is 4.57 Å². The van der Waals surface area contributed by atoms with E-state index in [2.05, 4.69) is 6.58 Å². The zero-order valence-electron chi connectivity index (χ0n) is 8.48. The van der Waals surface area contributed by atoms with E-state index < -0.39 is 25.1 Å². The lowest BCUT2D eigenvalue weighted by molar-refractivity contribution is -0.177. The molecule has 0 aromatic heterocycles. The molecule has 1 aliphatic heterocycles. The van der Waals surface area contributed by atoms with Gasteiger partial charge in [0.1, 0.15) is 5.78 Å². The summed E-state index contributed by atoms with van der Waals surface area (Å²) in [5, 5.41) is 18.7. The number of aliphatic carboxylic acids is 1. The molecule has 1 fully saturated rings. The van der Waals surface area contributed by atoms with Gasteiger partial charge in [0, 0.05) is 13.0 Å². The van der Waals surface area contributed by atoms with E-state index in [1.807, 2.05) is 0 Å². The average molecular weight is 251 g/mol. The maximum absolute atomic E-state index is 11.1. The molecule has 7 nitrogen and oxygen atoms in total. The van der Waals surface area contributed by atoms with Gasteiger partial charge in [-0.2, -0.15) is 0 Å². The van der Waals surface area contributed by atoms with Gasteiger partial charge in [-0.1, -0.05) is 6.08 Å². The fraction of sp³-hybridized carbons (Fsp3) is 0.625. The van der Waals surface area contributed by atoms with Crippen molar-refractivity contribution < 1.29 is 29.4 Å². The summed E-state index contributed by atoms with van der Waals surface area (Å²) in [6.45, 7) is 3.36. The minimum atomic E-state index is -4.56. The summed E-state index contributed by atoms with van der Waals surface area (Å²) in [6.07, 6.45) is 1.25. The summed E-state index contributed by atoms with van der Waals surface area (Å²) in [5.41, 5.74) is -2.22. The number of hydrogen-bond acceptors (Lipinski definition) is 4. The van der Waals surface area contributed by atoms with Crippen molar-refractivity contribution in [3.05, 3.63) is 12.7 Å². The summed E-state index contributed by atoms with van der Waals surface area (Å²) >= 11 is 0. The minimum absolute atomic E-state index is 0.0628. The van der Waals surface area contributed by atoms with Gasteiger partial charge in [-0.05, 0) is 6.42 Å². The topological polar surface area (TPSA) is 118 Å². The molecule has 1 saturated heterocycles. The van der Waals surface area contributed by atoms with Gasteiger partial charge < -0.3 is 20.0 Å². The number of aliphatic hydroxyl groups is 1. The Morgan fingerprint density at radius 1 is 1.56 bits per heavy atom. The van der Waals surface area contributed by atoms with Crippen LogP contribution in [0.3, 0.4) is 0 Å². The van der Waals surface area contributed by atoms with Gasteiger partial charge in [0.15, 0.2) is 0 Å². The normalized spacial score (nSPS) is 28.9. The Kier molecular flexibility index (Phi) is 3.56. The van der Waals surface area contributed by atoms with Crippen LogP contribution in [0.25, 0.3) is 0 Å². The van der Waals surface area contributed by atoms with E-state index in [0.29, 0.717) is 6.42 Å². The highest BCUT2D eigenvalue weighted by Gasteiger charge is 2.52. The lowest BCUT2D eigenvalue weighted by Gasteiger charge is -2.34. The van der Waals surface area contributed by atoms with Crippen molar-refractivity contribution in [2.45, 2.75) is 24.3 Å². The molecule has 0 spiro atoms. The third kappa shape index (κ3) is 2.18. The van der Waals surface area contributed by atoms with Crippen LogP contribution in [0, 0.1) is 0 Å². The second-order valence-electron chi connectivity index (χ2n) is 3.66. The quantitative estimate of drug-likeness (QED) is 0.394. The lowest BCUT2D eigenvalue weighted by Crippen LogP contribution is -2.54. The Morgan fingerprint density at radius 3 is 2.50 bits per heavy atom. The maximum atomic E-state index is 11.1. The van der Waals surface area contributed by atoms with Crippen molar-refractivity contribution in [3.63, 3.8) is 0 Å². The molecule has 0 aromatic carbocycles. The molecule has 1 aliphatic rings. The van der Waals surface area contributed by atoms with Crippen molar-refractivity contribution >= 4 is 13.6 Å². The van der Waals surface area contributed by atoms with Gasteiger partial charge in [-0.25, -0.2) is 9.69 Å². The van der Waals surface area contributed by atoms with Crippen molar-refractivity contribution in [2.75, 3.05) is 6.54 Å². The van der Waals surface area contributed by atoms with Crippen LogP contribution in [0.15, 0.2) is 12.7 Å². The Hall–Kier alpha value is -0.720. The van der Waals surface area contributed by atoms with Crippen LogP contribution < -0.4 is 0 Å². The molecule has 0 bridgehead atoms. The first-order chi connectivity index (χ1) is 7.23. The van der Waals surface area contributed by atoms with Crippen LogP contribution in [-0.2, 0) is 9.36 Å². The van der Waals surface area contributed by atoms with Crippen LogP contribution in [0.4, 0.5) is 0 Å². The number of carboxylic acid groups (broad SMARTS) is 1. The van der Waals surface area contributed by atoms with E-state index >= 15 is 0 Å². The molecule has 2 unspecified atom stereocenters. The molecule has 1 heterocycles. The van der Waals surface area contributed by atoms with Gasteiger partial charge in [0.25, 0.3) is 0 Å². The Morgan fingerprint density at radius 2 is 2.12 bits per heavy atom. The summed E-state index contributed by atoms with van der Waals surface area (Å²) in [5.74, 6) is -2.98. The molecule has 0 saturated carbocycles. The van der Waals surface area contributed by atoms with Crippen LogP contribution >= 0.6 is 7.60 Å². The Bertz CT molecular complexity index is 352. The van der Waals surface area contributed by atoms with Crippen LogP contribution in [0.5, 0.6) is 0 Å². The van der Waals surface area contributed by atoms with E-state index in [0.717, 1.165) is 11.0 Å². The van der Waals surface area contributed by atoms with Gasteiger partial charge in [-0.15, -0.1) is 6.58 Å². The minimum Gasteiger partial charge on any atom is -0.478 e. The molecule has 0 aliphatic carbocycles. The summed E-state index contributed by atoms with van der Waals surface area (Å²) in [6, 6.07) is 0. The van der Waals surface area contributed by atoms with E-state index in [9.17, 15) is 14.5 Å². The summed E-state index contributed by atoms with van der Waals surface area (Å²) in [7, 11) is -4.56. The molecule has 8 heteroatoms. The smallest absolute Gasteiger partial charge is 0.351 e. The van der Waals surface area contributed by atoms with Crippen LogP contribution in [-0.4, -0.2) is 48.9 Å². The molecular weight excluding hydrogens is 237 g/mol. The summed E-state index contributed by atoms with van der Waals surface area (Å²) < 4.78 is 11.1. The second-order valence-corrected chi connectivity index (χ2v) is 5.36. The van der Waals surface area contributed by atoms with Crippen molar-refractivity contribution in [1.82, 2.24) is 4.90 Å². The van der Waals surface area contributed by atoms with Crippen molar-refractivity contribution in [3.8, 4) is 0 Å². The number of rotatable bonds is 4. The molecule has 16 heavy (non-hydrogen) atoms. The van der Waals surface area contributed by atoms with Gasteiger partial charge >= 0.3 is 13.6 Å². The predicted molar refractivity (Wildman–Crippen MR) is 54.6 cm³/mol. The van der Waals surface area contributed by atoms with Crippen LogP contribution in [0.2, 0.25) is 0 Å². The molecule has 4 N–H and O–H groups in total. The highest BCUT2D eigenvalue weighted by molar-refractivity contribution is 7.52. The first kappa shape index (κ1) is 13.3. The molecule has 1 rings (SSSR count). The molecule has 0 aromatic rings. The highest BCUT2D eigenvalue weighted by atomic mass is 31.2. The first-order valence-corrected chi connectivity index (χ1v) is 6.32. The zero-order chi connectivity index (χ0) is 12.6. The molecule has 92 valence electrons. The second kappa shape index (κ2) is 4.27. The van der Waals surface area contributed by atoms with Gasteiger partial charge in [0.05, 0.1) is 0 Å². The van der Waals surface area contributed by atoms with Gasteiger partial charge in [0.2, 0.25) is 5.72 Å². The maximum Gasteiger partial charge on any atom is 0.351 e. The number of carbonyl (C=O) groups is 1.